The average molecular weight is 116 g/mol. The van der Waals surface area contributed by atoms with Crippen LogP contribution in [0.2, 0.25) is 0 Å². The molecule has 1 unspecified atom stereocenters. The lowest BCUT2D eigenvalue weighted by atomic mass is 10.2. The summed E-state index contributed by atoms with van der Waals surface area (Å²) in [6.07, 6.45) is 2.00. The van der Waals surface area contributed by atoms with Crippen LogP contribution in [-0.2, 0) is 0 Å². The Morgan fingerprint density at radius 3 is 2.25 bits per heavy atom. The van der Waals surface area contributed by atoms with Crippen molar-refractivity contribution >= 4 is 0 Å². The van der Waals surface area contributed by atoms with Gasteiger partial charge >= 0.3 is 0 Å². The van der Waals surface area contributed by atoms with Gasteiger partial charge in [0.15, 0.2) is 0 Å². The maximum absolute atomic E-state index is 8.69. The van der Waals surface area contributed by atoms with E-state index in [4.69, 9.17) is 15.3 Å². The molecule has 0 amide bonds. The highest BCUT2D eigenvalue weighted by atomic mass is 16.5. The lowest BCUT2D eigenvalue weighted by Gasteiger charge is -2.16. The Morgan fingerprint density at radius 1 is 1.50 bits per heavy atom. The van der Waals surface area contributed by atoms with E-state index >= 15 is 0 Å². The van der Waals surface area contributed by atoms with E-state index in [0.29, 0.717) is 6.42 Å². The summed E-state index contributed by atoms with van der Waals surface area (Å²) in [6.45, 7) is 0. The van der Waals surface area contributed by atoms with Crippen molar-refractivity contribution in [3.63, 3.8) is 0 Å². The Balaban J connectivity index is 2.67. The molecule has 1 aliphatic rings. The van der Waals surface area contributed by atoms with Crippen molar-refractivity contribution in [3.8, 4) is 0 Å². The maximum atomic E-state index is 8.69. The van der Waals surface area contributed by atoms with Crippen LogP contribution in [0.25, 0.3) is 0 Å². The fourth-order valence-electron chi connectivity index (χ4n) is 0.655. The maximum Gasteiger partial charge on any atom is 0.209 e. The van der Waals surface area contributed by atoms with E-state index in [1.165, 1.54) is 12.2 Å². The molecule has 0 aromatic heterocycles. The van der Waals surface area contributed by atoms with E-state index in [2.05, 4.69) is 0 Å². The minimum atomic E-state index is -1.97. The number of rotatable bonds is 0. The molecule has 0 spiro atoms. The van der Waals surface area contributed by atoms with Gasteiger partial charge in [-0.1, -0.05) is 6.08 Å². The van der Waals surface area contributed by atoms with Crippen LogP contribution in [0, 0.1) is 0 Å². The highest BCUT2D eigenvalue weighted by Gasteiger charge is 2.32. The number of hydrogen-bond acceptors (Lipinski definition) is 3. The zero-order valence-corrected chi connectivity index (χ0v) is 4.28. The zero-order chi connectivity index (χ0) is 6.20. The molecule has 1 rings (SSSR count). The first-order valence-electron chi connectivity index (χ1n) is 2.43. The molecule has 0 bridgehead atoms. The summed E-state index contributed by atoms with van der Waals surface area (Å²) >= 11 is 0. The third kappa shape index (κ3) is 0.753. The first kappa shape index (κ1) is 5.75. The summed E-state index contributed by atoms with van der Waals surface area (Å²) in [5.41, 5.74) is 0. The molecule has 0 heterocycles. The number of hydrogen-bond donors (Lipinski definition) is 3. The van der Waals surface area contributed by atoms with Crippen LogP contribution >= 0.6 is 0 Å². The summed E-state index contributed by atoms with van der Waals surface area (Å²) in [4.78, 5) is 0. The minimum Gasteiger partial charge on any atom is -0.387 e. The van der Waals surface area contributed by atoms with Gasteiger partial charge in [0.2, 0.25) is 5.79 Å². The molecule has 1 aliphatic carbocycles. The third-order valence-electron chi connectivity index (χ3n) is 1.21. The van der Waals surface area contributed by atoms with E-state index in [-0.39, 0.29) is 0 Å². The SMILES string of the molecule is OC1CC=CC1(O)O. The molecule has 3 heteroatoms. The van der Waals surface area contributed by atoms with Crippen LogP contribution in [0.1, 0.15) is 6.42 Å². The predicted octanol–water partition coefficient (Wildman–Crippen LogP) is -1.01. The molecular weight excluding hydrogens is 108 g/mol. The van der Waals surface area contributed by atoms with Crippen LogP contribution in [-0.4, -0.2) is 27.2 Å². The topological polar surface area (TPSA) is 60.7 Å². The van der Waals surface area contributed by atoms with Gasteiger partial charge < -0.3 is 15.3 Å². The van der Waals surface area contributed by atoms with Crippen LogP contribution in [0.15, 0.2) is 12.2 Å². The average Bonchev–Trinajstić information content (AvgIpc) is 1.86. The van der Waals surface area contributed by atoms with Crippen LogP contribution in [0.4, 0.5) is 0 Å². The molecule has 0 aliphatic heterocycles. The molecule has 0 saturated heterocycles. The van der Waals surface area contributed by atoms with Gasteiger partial charge in [0, 0.05) is 0 Å². The molecule has 46 valence electrons. The van der Waals surface area contributed by atoms with E-state index < -0.39 is 11.9 Å². The predicted molar refractivity (Wildman–Crippen MR) is 26.9 cm³/mol. The van der Waals surface area contributed by atoms with E-state index in [1.807, 2.05) is 0 Å². The van der Waals surface area contributed by atoms with Gasteiger partial charge in [0.25, 0.3) is 0 Å². The smallest absolute Gasteiger partial charge is 0.209 e. The largest absolute Gasteiger partial charge is 0.387 e. The second kappa shape index (κ2) is 1.55. The Morgan fingerprint density at radius 2 is 2.12 bits per heavy atom. The van der Waals surface area contributed by atoms with Gasteiger partial charge in [-0.3, -0.25) is 0 Å². The summed E-state index contributed by atoms with van der Waals surface area (Å²) in [5, 5.41) is 26.1. The van der Waals surface area contributed by atoms with Crippen LogP contribution < -0.4 is 0 Å². The summed E-state index contributed by atoms with van der Waals surface area (Å²) in [6, 6.07) is 0. The van der Waals surface area contributed by atoms with Crippen LogP contribution in [0.5, 0.6) is 0 Å². The van der Waals surface area contributed by atoms with Crippen molar-refractivity contribution in [1.29, 1.82) is 0 Å². The Hall–Kier alpha value is -0.380. The molecule has 0 aromatic rings. The van der Waals surface area contributed by atoms with Gasteiger partial charge in [-0.15, -0.1) is 0 Å². The monoisotopic (exact) mass is 116 g/mol. The highest BCUT2D eigenvalue weighted by molar-refractivity contribution is 5.07. The number of aliphatic hydroxyl groups excluding tert-OH is 1. The molecule has 0 saturated carbocycles. The van der Waals surface area contributed by atoms with Crippen molar-refractivity contribution in [2.75, 3.05) is 0 Å². The van der Waals surface area contributed by atoms with E-state index in [9.17, 15) is 0 Å². The summed E-state index contributed by atoms with van der Waals surface area (Å²) < 4.78 is 0. The fraction of sp³-hybridized carbons (Fsp3) is 0.600. The van der Waals surface area contributed by atoms with E-state index in [0.717, 1.165) is 0 Å². The first-order chi connectivity index (χ1) is 3.63. The second-order valence-corrected chi connectivity index (χ2v) is 1.94. The van der Waals surface area contributed by atoms with Crippen molar-refractivity contribution in [2.45, 2.75) is 18.3 Å². The minimum absolute atomic E-state index is 0.326. The van der Waals surface area contributed by atoms with Crippen molar-refractivity contribution in [1.82, 2.24) is 0 Å². The van der Waals surface area contributed by atoms with Crippen molar-refractivity contribution in [2.24, 2.45) is 0 Å². The van der Waals surface area contributed by atoms with Gasteiger partial charge in [-0.25, -0.2) is 0 Å². The molecular formula is C5H8O3. The van der Waals surface area contributed by atoms with Gasteiger partial charge in [0.05, 0.1) is 0 Å². The molecule has 3 N–H and O–H groups in total. The highest BCUT2D eigenvalue weighted by Crippen LogP contribution is 2.18. The van der Waals surface area contributed by atoms with Gasteiger partial charge in [0.1, 0.15) is 6.10 Å². The second-order valence-electron chi connectivity index (χ2n) is 1.94. The number of aliphatic hydroxyl groups is 3. The Kier molecular flexibility index (Phi) is 1.11. The molecule has 0 radical (unpaired) electrons. The lowest BCUT2D eigenvalue weighted by Crippen LogP contribution is -2.36. The Bertz CT molecular complexity index is 117. The standard InChI is InChI=1S/C5H8O3/c6-4-2-1-3-5(4,7)8/h1,3-4,6-8H,2H2. The Labute approximate surface area is 46.9 Å². The van der Waals surface area contributed by atoms with Crippen molar-refractivity contribution < 1.29 is 15.3 Å². The molecule has 0 aromatic carbocycles. The third-order valence-corrected chi connectivity index (χ3v) is 1.21. The molecule has 1 atom stereocenters. The molecule has 0 fully saturated rings. The van der Waals surface area contributed by atoms with Gasteiger partial charge in [-0.2, -0.15) is 0 Å². The quantitative estimate of drug-likeness (QED) is 0.280. The normalized spacial score (nSPS) is 33.6. The molecule has 8 heavy (non-hydrogen) atoms. The lowest BCUT2D eigenvalue weighted by molar-refractivity contribution is -0.179. The summed E-state index contributed by atoms with van der Waals surface area (Å²) in [5.74, 6) is -1.97. The van der Waals surface area contributed by atoms with E-state index in [1.54, 1.807) is 0 Å². The summed E-state index contributed by atoms with van der Waals surface area (Å²) in [7, 11) is 0. The first-order valence-corrected chi connectivity index (χ1v) is 2.43. The van der Waals surface area contributed by atoms with Crippen LogP contribution in [0.3, 0.4) is 0 Å². The van der Waals surface area contributed by atoms with Crippen molar-refractivity contribution in [3.05, 3.63) is 12.2 Å². The fourth-order valence-corrected chi connectivity index (χ4v) is 0.655. The zero-order valence-electron chi connectivity index (χ0n) is 4.28. The molecule has 3 nitrogen and oxygen atoms in total. The van der Waals surface area contributed by atoms with Gasteiger partial charge in [-0.05, 0) is 12.5 Å².